The molecular formula is C52H31FN4O. The van der Waals surface area contributed by atoms with Gasteiger partial charge in [-0.1, -0.05) is 97.1 Å². The lowest BCUT2D eigenvalue weighted by molar-refractivity contribution is 0.626. The van der Waals surface area contributed by atoms with Gasteiger partial charge in [-0.05, 0) is 102 Å². The molecule has 6 heteroatoms. The van der Waals surface area contributed by atoms with Gasteiger partial charge in [-0.3, -0.25) is 4.57 Å². The lowest BCUT2D eigenvalue weighted by atomic mass is 10.0. The summed E-state index contributed by atoms with van der Waals surface area (Å²) < 4.78 is 25.0. The number of hydrogen-bond donors (Lipinski definition) is 0. The number of nitrogens with zero attached hydrogens (tertiary/aromatic N) is 4. The summed E-state index contributed by atoms with van der Waals surface area (Å²) in [6.07, 6.45) is 0. The zero-order valence-electron chi connectivity index (χ0n) is 31.0. The van der Waals surface area contributed by atoms with Crippen LogP contribution in [0.2, 0.25) is 0 Å². The molecule has 272 valence electrons. The molecule has 4 aromatic heterocycles. The van der Waals surface area contributed by atoms with E-state index >= 15 is 0 Å². The van der Waals surface area contributed by atoms with Gasteiger partial charge < -0.3 is 8.98 Å². The van der Waals surface area contributed by atoms with Crippen LogP contribution in [0.4, 0.5) is 4.39 Å². The fraction of sp³-hybridized carbons (Fsp3) is 0. The van der Waals surface area contributed by atoms with Crippen molar-refractivity contribution in [3.05, 3.63) is 194 Å². The van der Waals surface area contributed by atoms with Crippen molar-refractivity contribution < 1.29 is 8.81 Å². The Morgan fingerprint density at radius 2 is 0.862 bits per heavy atom. The molecule has 0 bridgehead atoms. The van der Waals surface area contributed by atoms with Crippen molar-refractivity contribution >= 4 is 65.6 Å². The van der Waals surface area contributed by atoms with Crippen LogP contribution in [-0.4, -0.2) is 19.1 Å². The van der Waals surface area contributed by atoms with Crippen LogP contribution in [-0.2, 0) is 0 Å². The standard InChI is InChI=1S/C52H31FN4O/c53-36-22-26-51-43(30-36)42-29-35(21-25-50(42)58-51)45-31-44(32-11-3-1-4-12-32)54-52(55-45)57-47-18-10-8-16-39(47)41-28-34(20-24-49(41)57)33-19-23-48-40(27-33)38-15-7-9-17-46(38)56(48)37-13-5-2-6-14-37/h1-31H. The van der Waals surface area contributed by atoms with Crippen LogP contribution in [0.15, 0.2) is 192 Å². The summed E-state index contributed by atoms with van der Waals surface area (Å²) >= 11 is 0. The van der Waals surface area contributed by atoms with Crippen LogP contribution >= 0.6 is 0 Å². The van der Waals surface area contributed by atoms with Crippen molar-refractivity contribution in [2.75, 3.05) is 0 Å². The van der Waals surface area contributed by atoms with E-state index in [2.05, 4.69) is 137 Å². The Bertz CT molecular complexity index is 3580. The molecule has 0 amide bonds. The van der Waals surface area contributed by atoms with Gasteiger partial charge in [0.1, 0.15) is 17.0 Å². The third kappa shape index (κ3) is 5.02. The monoisotopic (exact) mass is 746 g/mol. The van der Waals surface area contributed by atoms with E-state index in [4.69, 9.17) is 14.4 Å². The third-order valence-corrected chi connectivity index (χ3v) is 11.4. The maximum atomic E-state index is 14.4. The molecule has 0 aliphatic heterocycles. The summed E-state index contributed by atoms with van der Waals surface area (Å²) in [7, 11) is 0. The number of halogens is 1. The van der Waals surface area contributed by atoms with Crippen molar-refractivity contribution in [1.82, 2.24) is 19.1 Å². The minimum absolute atomic E-state index is 0.304. The van der Waals surface area contributed by atoms with Gasteiger partial charge >= 0.3 is 0 Å². The summed E-state index contributed by atoms with van der Waals surface area (Å²) in [5.74, 6) is 0.260. The summed E-state index contributed by atoms with van der Waals surface area (Å²) in [6.45, 7) is 0. The molecule has 0 N–H and O–H groups in total. The van der Waals surface area contributed by atoms with E-state index in [0.29, 0.717) is 17.1 Å². The molecule has 0 spiro atoms. The van der Waals surface area contributed by atoms with Crippen LogP contribution in [0.3, 0.4) is 0 Å². The van der Waals surface area contributed by atoms with Gasteiger partial charge in [-0.2, -0.15) is 0 Å². The highest BCUT2D eigenvalue weighted by atomic mass is 19.1. The van der Waals surface area contributed by atoms with E-state index in [-0.39, 0.29) is 5.82 Å². The van der Waals surface area contributed by atoms with Gasteiger partial charge in [-0.15, -0.1) is 0 Å². The van der Waals surface area contributed by atoms with Crippen molar-refractivity contribution in [2.45, 2.75) is 0 Å². The van der Waals surface area contributed by atoms with E-state index in [1.165, 1.54) is 33.9 Å². The van der Waals surface area contributed by atoms with Gasteiger partial charge in [0.05, 0.1) is 33.5 Å². The van der Waals surface area contributed by atoms with Crippen molar-refractivity contribution in [3.8, 4) is 45.3 Å². The molecule has 0 aliphatic carbocycles. The van der Waals surface area contributed by atoms with Crippen LogP contribution in [0.25, 0.3) is 111 Å². The number of fused-ring (bicyclic) bond motifs is 9. The SMILES string of the molecule is Fc1ccc2oc3ccc(-c4cc(-c5ccccc5)nc(-n5c6ccccc6c6cc(-c7ccc8c(c7)c7ccccc7n8-c7ccccc7)ccc65)n4)cc3c2c1. The molecule has 0 aliphatic rings. The molecule has 5 nitrogen and oxygen atoms in total. The van der Waals surface area contributed by atoms with Gasteiger partial charge in [0.2, 0.25) is 5.95 Å². The van der Waals surface area contributed by atoms with Crippen molar-refractivity contribution in [1.29, 1.82) is 0 Å². The molecule has 58 heavy (non-hydrogen) atoms. The second-order valence-corrected chi connectivity index (χ2v) is 14.8. The average Bonchev–Trinajstić information content (AvgIpc) is 3.93. The topological polar surface area (TPSA) is 48.8 Å². The Morgan fingerprint density at radius 1 is 0.362 bits per heavy atom. The van der Waals surface area contributed by atoms with Gasteiger partial charge in [0, 0.05) is 49.1 Å². The second kappa shape index (κ2) is 12.6. The Hall–Kier alpha value is -7.83. The first-order chi connectivity index (χ1) is 28.6. The van der Waals surface area contributed by atoms with Crippen LogP contribution < -0.4 is 0 Å². The van der Waals surface area contributed by atoms with E-state index in [1.807, 2.05) is 42.5 Å². The summed E-state index contributed by atoms with van der Waals surface area (Å²) in [4.78, 5) is 10.5. The molecule has 0 radical (unpaired) electrons. The molecular weight excluding hydrogens is 716 g/mol. The van der Waals surface area contributed by atoms with Gasteiger partial charge in [-0.25, -0.2) is 14.4 Å². The third-order valence-electron chi connectivity index (χ3n) is 11.4. The van der Waals surface area contributed by atoms with Gasteiger partial charge in [0.25, 0.3) is 0 Å². The normalized spacial score (nSPS) is 11.9. The minimum atomic E-state index is -0.304. The Kier molecular flexibility index (Phi) is 7.04. The van der Waals surface area contributed by atoms with Gasteiger partial charge in [0.15, 0.2) is 0 Å². The summed E-state index contributed by atoms with van der Waals surface area (Å²) in [5, 5.41) is 6.23. The average molecular weight is 747 g/mol. The number of furan rings is 1. The second-order valence-electron chi connectivity index (χ2n) is 14.8. The molecule has 8 aromatic carbocycles. The molecule has 0 saturated heterocycles. The fourth-order valence-corrected chi connectivity index (χ4v) is 8.72. The summed E-state index contributed by atoms with van der Waals surface area (Å²) in [5.41, 5.74) is 12.6. The van der Waals surface area contributed by atoms with Crippen molar-refractivity contribution in [3.63, 3.8) is 0 Å². The van der Waals surface area contributed by atoms with Crippen LogP contribution in [0.1, 0.15) is 0 Å². The quantitative estimate of drug-likeness (QED) is 0.176. The molecule has 12 rings (SSSR count). The first-order valence-electron chi connectivity index (χ1n) is 19.3. The highest BCUT2D eigenvalue weighted by Gasteiger charge is 2.19. The highest BCUT2D eigenvalue weighted by molar-refractivity contribution is 6.13. The number of aromatic nitrogens is 4. The largest absolute Gasteiger partial charge is 0.456 e. The molecule has 12 aromatic rings. The maximum Gasteiger partial charge on any atom is 0.235 e. The van der Waals surface area contributed by atoms with Crippen LogP contribution in [0, 0.1) is 5.82 Å². The highest BCUT2D eigenvalue weighted by Crippen LogP contribution is 2.39. The molecule has 0 atom stereocenters. The lowest BCUT2D eigenvalue weighted by Gasteiger charge is -2.12. The fourth-order valence-electron chi connectivity index (χ4n) is 8.72. The first kappa shape index (κ1) is 32.4. The van der Waals surface area contributed by atoms with E-state index < -0.39 is 0 Å². The molecule has 0 fully saturated rings. The molecule has 0 unspecified atom stereocenters. The number of rotatable bonds is 5. The lowest BCUT2D eigenvalue weighted by Crippen LogP contribution is -2.04. The Morgan fingerprint density at radius 3 is 1.55 bits per heavy atom. The summed E-state index contributed by atoms with van der Waals surface area (Å²) in [6, 6.07) is 64.0. The zero-order valence-corrected chi connectivity index (χ0v) is 31.0. The Balaban J connectivity index is 1.05. The number of hydrogen-bond acceptors (Lipinski definition) is 3. The van der Waals surface area contributed by atoms with Crippen molar-refractivity contribution in [2.24, 2.45) is 0 Å². The predicted molar refractivity (Wildman–Crippen MR) is 234 cm³/mol. The Labute approximate surface area is 331 Å². The number of benzene rings is 8. The predicted octanol–water partition coefficient (Wildman–Crippen LogP) is 13.7. The van der Waals surface area contributed by atoms with Crippen LogP contribution in [0.5, 0.6) is 0 Å². The smallest absolute Gasteiger partial charge is 0.235 e. The molecule has 0 saturated carbocycles. The molecule has 4 heterocycles. The first-order valence-corrected chi connectivity index (χ1v) is 19.3. The zero-order chi connectivity index (χ0) is 38.3. The van der Waals surface area contributed by atoms with E-state index in [1.54, 1.807) is 6.07 Å². The number of para-hydroxylation sites is 3. The van der Waals surface area contributed by atoms with E-state index in [9.17, 15) is 4.39 Å². The maximum absolute atomic E-state index is 14.4. The van der Waals surface area contributed by atoms with E-state index in [0.717, 1.165) is 71.9 Å². The minimum Gasteiger partial charge on any atom is -0.456 e.